The summed E-state index contributed by atoms with van der Waals surface area (Å²) in [5, 5.41) is 31.6. The van der Waals surface area contributed by atoms with Crippen LogP contribution in [0.15, 0.2) is 0 Å². The van der Waals surface area contributed by atoms with Gasteiger partial charge in [-0.1, -0.05) is 27.7 Å². The van der Waals surface area contributed by atoms with Crippen molar-refractivity contribution >= 4 is 35.5 Å². The largest absolute Gasteiger partial charge is 0.480 e. The molecule has 260 valence electrons. The molecule has 0 unspecified atom stereocenters. The molecule has 5 amide bonds. The molecule has 0 heterocycles. The van der Waals surface area contributed by atoms with Crippen LogP contribution >= 0.6 is 0 Å². The highest BCUT2D eigenvalue weighted by Gasteiger charge is 2.32. The lowest BCUT2D eigenvalue weighted by Crippen LogP contribution is -2.60. The van der Waals surface area contributed by atoms with Gasteiger partial charge in [-0.05, 0) is 76.8 Å². The fourth-order valence-corrected chi connectivity index (χ4v) is 4.33. The molecule has 0 bridgehead atoms. The maximum atomic E-state index is 13.1. The first-order chi connectivity index (χ1) is 21.1. The van der Waals surface area contributed by atoms with Crippen molar-refractivity contribution < 1.29 is 39.0 Å². The molecular weight excluding hydrogens is 588 g/mol. The first-order valence-corrected chi connectivity index (χ1v) is 15.6. The van der Waals surface area contributed by atoms with Gasteiger partial charge in [0.1, 0.15) is 30.2 Å². The average Bonchev–Trinajstić information content (AvgIpc) is 2.96. The Morgan fingerprint density at radius 3 is 1.58 bits per heavy atom. The van der Waals surface area contributed by atoms with Gasteiger partial charge in [0.15, 0.2) is 0 Å². The highest BCUT2D eigenvalue weighted by molar-refractivity contribution is 5.96. The molecular formula is C29H56N8O8. The van der Waals surface area contributed by atoms with Gasteiger partial charge in [0.2, 0.25) is 29.5 Å². The van der Waals surface area contributed by atoms with E-state index in [1.165, 1.54) is 6.92 Å². The minimum atomic E-state index is -1.48. The predicted molar refractivity (Wildman–Crippen MR) is 168 cm³/mol. The maximum absolute atomic E-state index is 13.1. The third-order valence-corrected chi connectivity index (χ3v) is 7.02. The third kappa shape index (κ3) is 16.5. The molecule has 0 aliphatic rings. The van der Waals surface area contributed by atoms with E-state index in [4.69, 9.17) is 17.2 Å². The normalized spacial score (nSPS) is 15.3. The number of aliphatic hydroxyl groups excluding tert-OH is 1. The van der Waals surface area contributed by atoms with Crippen molar-refractivity contribution in [2.45, 2.75) is 116 Å². The summed E-state index contributed by atoms with van der Waals surface area (Å²) in [6, 6.07) is -6.79. The van der Waals surface area contributed by atoms with E-state index in [1.54, 1.807) is 13.8 Å². The minimum absolute atomic E-state index is 0.112. The highest BCUT2D eigenvalue weighted by atomic mass is 16.4. The molecule has 0 saturated carbocycles. The van der Waals surface area contributed by atoms with E-state index in [0.29, 0.717) is 45.2 Å². The number of nitrogens with two attached hydrogens (primary N) is 3. The highest BCUT2D eigenvalue weighted by Crippen LogP contribution is 2.08. The lowest BCUT2D eigenvalue weighted by molar-refractivity contribution is -0.143. The number of carbonyl (C=O) groups excluding carboxylic acids is 5. The Hall–Kier alpha value is -3.34. The number of aliphatic carboxylic acids is 1. The molecule has 0 rings (SSSR count). The first-order valence-electron chi connectivity index (χ1n) is 15.6. The Morgan fingerprint density at radius 2 is 1.11 bits per heavy atom. The van der Waals surface area contributed by atoms with E-state index in [2.05, 4.69) is 26.6 Å². The van der Waals surface area contributed by atoms with Crippen LogP contribution in [0, 0.1) is 11.8 Å². The van der Waals surface area contributed by atoms with E-state index in [1.807, 2.05) is 13.8 Å². The molecule has 13 N–H and O–H groups in total. The fraction of sp³-hybridized carbons (Fsp3) is 0.793. The molecule has 6 atom stereocenters. The van der Waals surface area contributed by atoms with E-state index >= 15 is 0 Å². The van der Waals surface area contributed by atoms with Crippen LogP contribution < -0.4 is 43.8 Å². The zero-order valence-corrected chi connectivity index (χ0v) is 27.3. The van der Waals surface area contributed by atoms with Gasteiger partial charge in [0, 0.05) is 0 Å². The summed E-state index contributed by atoms with van der Waals surface area (Å²) in [6.07, 6.45) is 2.99. The molecule has 0 aliphatic carbocycles. The second kappa shape index (κ2) is 22.2. The maximum Gasteiger partial charge on any atom is 0.326 e. The van der Waals surface area contributed by atoms with Gasteiger partial charge in [0.25, 0.3) is 0 Å². The molecule has 0 fully saturated rings. The van der Waals surface area contributed by atoms with Gasteiger partial charge in [-0.25, -0.2) is 4.79 Å². The van der Waals surface area contributed by atoms with Gasteiger partial charge < -0.3 is 54.0 Å². The number of carbonyl (C=O) groups is 6. The van der Waals surface area contributed by atoms with Gasteiger partial charge in [-0.15, -0.1) is 0 Å². The molecule has 0 aromatic rings. The molecule has 0 saturated heterocycles. The summed E-state index contributed by atoms with van der Waals surface area (Å²) >= 11 is 0. The lowest BCUT2D eigenvalue weighted by atomic mass is 10.0. The van der Waals surface area contributed by atoms with Gasteiger partial charge in [-0.2, -0.15) is 0 Å². The number of hydrogen-bond acceptors (Lipinski definition) is 10. The monoisotopic (exact) mass is 644 g/mol. The van der Waals surface area contributed by atoms with E-state index in [-0.39, 0.29) is 18.8 Å². The lowest BCUT2D eigenvalue weighted by Gasteiger charge is -2.27. The standard InChI is InChI=1S/C29H56N8O8/c1-16(2)14-19(32)25(40)34-20(10-6-8-12-30)26(41)33-18(5)24(39)37-23(17(3)4)28(43)36-22(15-38)27(42)35-21(29(44)45)11-7-9-13-31/h16-23,38H,6-15,30-32H2,1-5H3,(H,33,41)(H,34,40)(H,35,42)(H,36,43)(H,37,39)(H,44,45)/t18-,19-,20-,21-,22-,23-/m0/s1. The van der Waals surface area contributed by atoms with E-state index in [9.17, 15) is 39.0 Å². The Kier molecular flexibility index (Phi) is 20.6. The number of unbranched alkanes of at least 4 members (excludes halogenated alkanes) is 2. The molecule has 45 heavy (non-hydrogen) atoms. The zero-order chi connectivity index (χ0) is 34.7. The summed E-state index contributed by atoms with van der Waals surface area (Å²) in [6.45, 7) is 8.47. The van der Waals surface area contributed by atoms with Gasteiger partial charge >= 0.3 is 5.97 Å². The van der Waals surface area contributed by atoms with Crippen molar-refractivity contribution in [2.75, 3.05) is 19.7 Å². The zero-order valence-electron chi connectivity index (χ0n) is 27.3. The van der Waals surface area contributed by atoms with Crippen molar-refractivity contribution in [3.05, 3.63) is 0 Å². The second-order valence-electron chi connectivity index (χ2n) is 12.0. The Morgan fingerprint density at radius 1 is 0.622 bits per heavy atom. The van der Waals surface area contributed by atoms with E-state index in [0.717, 1.165) is 0 Å². The van der Waals surface area contributed by atoms with Gasteiger partial charge in [-0.3, -0.25) is 24.0 Å². The van der Waals surface area contributed by atoms with Crippen molar-refractivity contribution in [1.29, 1.82) is 0 Å². The summed E-state index contributed by atoms with van der Waals surface area (Å²) < 4.78 is 0. The quantitative estimate of drug-likeness (QED) is 0.0532. The molecule has 0 aromatic carbocycles. The SMILES string of the molecule is CC(C)C[C@H](N)C(=O)N[C@@H](CCCCN)C(=O)N[C@@H](C)C(=O)N[C@H](C(=O)N[C@@H](CO)C(=O)N[C@@H](CCCCN)C(=O)O)C(C)C. The third-order valence-electron chi connectivity index (χ3n) is 7.02. The van der Waals surface area contributed by atoms with Crippen molar-refractivity contribution in [1.82, 2.24) is 26.6 Å². The number of aliphatic hydroxyl groups is 1. The van der Waals surface area contributed by atoms with Crippen LogP contribution in [0.5, 0.6) is 0 Å². The average molecular weight is 645 g/mol. The molecule has 16 heteroatoms. The number of rotatable bonds is 23. The second-order valence-corrected chi connectivity index (χ2v) is 12.0. The van der Waals surface area contributed by atoms with Crippen LogP contribution in [0.4, 0.5) is 0 Å². The predicted octanol–water partition coefficient (Wildman–Crippen LogP) is -2.21. The van der Waals surface area contributed by atoms with Crippen molar-refractivity contribution in [3.63, 3.8) is 0 Å². The van der Waals surface area contributed by atoms with Crippen LogP contribution in [0.3, 0.4) is 0 Å². The molecule has 16 nitrogen and oxygen atoms in total. The number of nitrogens with one attached hydrogen (secondary N) is 5. The summed E-state index contributed by atoms with van der Waals surface area (Å²) in [7, 11) is 0. The Labute approximate surface area is 265 Å². The first kappa shape index (κ1) is 41.7. The molecule has 0 radical (unpaired) electrons. The van der Waals surface area contributed by atoms with Crippen LogP contribution in [-0.2, 0) is 28.8 Å². The smallest absolute Gasteiger partial charge is 0.326 e. The van der Waals surface area contributed by atoms with Crippen molar-refractivity contribution in [2.24, 2.45) is 29.0 Å². The van der Waals surface area contributed by atoms with Gasteiger partial charge in [0.05, 0.1) is 12.6 Å². The fourth-order valence-electron chi connectivity index (χ4n) is 4.33. The van der Waals surface area contributed by atoms with Crippen molar-refractivity contribution in [3.8, 4) is 0 Å². The number of amides is 5. The Bertz CT molecular complexity index is 965. The molecule has 0 aromatic heterocycles. The molecule has 0 aliphatic heterocycles. The Balaban J connectivity index is 5.45. The summed E-state index contributed by atoms with van der Waals surface area (Å²) in [5.74, 6) is -5.10. The van der Waals surface area contributed by atoms with Crippen LogP contribution in [0.1, 0.15) is 79.6 Å². The molecule has 0 spiro atoms. The van der Waals surface area contributed by atoms with Crippen LogP contribution in [-0.4, -0.2) is 102 Å². The van der Waals surface area contributed by atoms with Crippen LogP contribution in [0.2, 0.25) is 0 Å². The topological polar surface area (TPSA) is 281 Å². The minimum Gasteiger partial charge on any atom is -0.480 e. The van der Waals surface area contributed by atoms with Crippen LogP contribution in [0.25, 0.3) is 0 Å². The number of carboxylic acid groups (broad SMARTS) is 1. The number of carboxylic acids is 1. The summed E-state index contributed by atoms with van der Waals surface area (Å²) in [5.41, 5.74) is 17.0. The van der Waals surface area contributed by atoms with E-state index < -0.39 is 84.3 Å². The number of hydrogen-bond donors (Lipinski definition) is 10. The summed E-state index contributed by atoms with van der Waals surface area (Å²) in [4.78, 5) is 76.0.